The minimum atomic E-state index is 0.123. The molecular weight excluding hydrogens is 394 g/mol. The molecule has 5 heteroatoms. The van der Waals surface area contributed by atoms with Gasteiger partial charge in [0, 0.05) is 12.2 Å². The van der Waals surface area contributed by atoms with Crippen LogP contribution in [0.15, 0.2) is 71.2 Å². The van der Waals surface area contributed by atoms with Gasteiger partial charge in [-0.05, 0) is 76.9 Å². The third kappa shape index (κ3) is 4.70. The topological polar surface area (TPSA) is 50.7 Å². The van der Waals surface area contributed by atoms with Crippen LogP contribution in [0.4, 0.5) is 5.69 Å². The highest BCUT2D eigenvalue weighted by molar-refractivity contribution is 9.10. The maximum absolute atomic E-state index is 9.98. The predicted octanol–water partition coefficient (Wildman–Crippen LogP) is 5.96. The molecule has 0 aromatic heterocycles. The van der Waals surface area contributed by atoms with E-state index in [1.807, 2.05) is 73.7 Å². The number of halogens is 1. The van der Waals surface area contributed by atoms with Crippen LogP contribution in [0, 0.1) is 0 Å². The zero-order chi connectivity index (χ0) is 18.4. The summed E-state index contributed by atoms with van der Waals surface area (Å²) in [5.41, 5.74) is 1.98. The van der Waals surface area contributed by atoms with E-state index in [9.17, 15) is 5.11 Å². The highest BCUT2D eigenvalue weighted by atomic mass is 79.9. The van der Waals surface area contributed by atoms with Gasteiger partial charge in [0.1, 0.15) is 11.5 Å². The molecule has 0 atom stereocenters. The number of rotatable bonds is 7. The molecule has 0 aliphatic rings. The highest BCUT2D eigenvalue weighted by Crippen LogP contribution is 2.35. The quantitative estimate of drug-likeness (QED) is 0.501. The van der Waals surface area contributed by atoms with Crippen LogP contribution in [0.5, 0.6) is 23.0 Å². The molecule has 3 rings (SSSR count). The Bertz CT molecular complexity index is 851. The normalized spacial score (nSPS) is 10.4. The first-order chi connectivity index (χ1) is 12.7. The Labute approximate surface area is 161 Å². The Morgan fingerprint density at radius 3 is 2.35 bits per heavy atom. The first-order valence-corrected chi connectivity index (χ1v) is 9.16. The Morgan fingerprint density at radius 1 is 0.962 bits per heavy atom. The van der Waals surface area contributed by atoms with Gasteiger partial charge >= 0.3 is 0 Å². The zero-order valence-electron chi connectivity index (χ0n) is 14.4. The fourth-order valence-corrected chi connectivity index (χ4v) is 2.95. The summed E-state index contributed by atoms with van der Waals surface area (Å²) in [5, 5.41) is 13.3. The molecule has 0 unspecified atom stereocenters. The SMILES string of the molecule is CCOc1cc(CNc2ccc(Oc3ccccc3)cc2)cc(Br)c1O. The number of ether oxygens (including phenoxy) is 2. The maximum atomic E-state index is 9.98. The molecule has 0 spiro atoms. The van der Waals surface area contributed by atoms with Crippen molar-refractivity contribution in [2.75, 3.05) is 11.9 Å². The molecule has 4 nitrogen and oxygen atoms in total. The summed E-state index contributed by atoms with van der Waals surface area (Å²) < 4.78 is 11.9. The molecule has 0 saturated heterocycles. The van der Waals surface area contributed by atoms with Crippen LogP contribution in [0.3, 0.4) is 0 Å². The summed E-state index contributed by atoms with van der Waals surface area (Å²) in [6.45, 7) is 2.99. The van der Waals surface area contributed by atoms with Gasteiger partial charge in [-0.25, -0.2) is 0 Å². The fraction of sp³-hybridized carbons (Fsp3) is 0.143. The van der Waals surface area contributed by atoms with Crippen LogP contribution in [0.25, 0.3) is 0 Å². The van der Waals surface area contributed by atoms with Crippen LogP contribution >= 0.6 is 15.9 Å². The van der Waals surface area contributed by atoms with Gasteiger partial charge in [0.2, 0.25) is 0 Å². The van der Waals surface area contributed by atoms with Gasteiger partial charge in [0.25, 0.3) is 0 Å². The highest BCUT2D eigenvalue weighted by Gasteiger charge is 2.09. The van der Waals surface area contributed by atoms with Crippen LogP contribution in [-0.4, -0.2) is 11.7 Å². The van der Waals surface area contributed by atoms with Crippen molar-refractivity contribution in [2.45, 2.75) is 13.5 Å². The van der Waals surface area contributed by atoms with Crippen LogP contribution in [0.2, 0.25) is 0 Å². The molecule has 0 aliphatic carbocycles. The van der Waals surface area contributed by atoms with Gasteiger partial charge in [-0.2, -0.15) is 0 Å². The minimum absolute atomic E-state index is 0.123. The van der Waals surface area contributed by atoms with Gasteiger partial charge < -0.3 is 19.9 Å². The van der Waals surface area contributed by atoms with E-state index in [4.69, 9.17) is 9.47 Å². The molecule has 0 aliphatic heterocycles. The number of benzene rings is 3. The van der Waals surface area contributed by atoms with Crippen LogP contribution in [0.1, 0.15) is 12.5 Å². The van der Waals surface area contributed by atoms with E-state index in [-0.39, 0.29) is 5.75 Å². The van der Waals surface area contributed by atoms with Gasteiger partial charge in [0.05, 0.1) is 11.1 Å². The van der Waals surface area contributed by atoms with Crippen molar-refractivity contribution in [3.8, 4) is 23.0 Å². The fourth-order valence-electron chi connectivity index (χ4n) is 2.46. The summed E-state index contributed by atoms with van der Waals surface area (Å²) >= 11 is 3.36. The Kier molecular flexibility index (Phi) is 6.02. The summed E-state index contributed by atoms with van der Waals surface area (Å²) in [5.74, 6) is 2.20. The van der Waals surface area contributed by atoms with Crippen molar-refractivity contribution >= 4 is 21.6 Å². The van der Waals surface area contributed by atoms with E-state index >= 15 is 0 Å². The molecule has 134 valence electrons. The lowest BCUT2D eigenvalue weighted by Gasteiger charge is -2.12. The average molecular weight is 414 g/mol. The third-order valence-corrected chi connectivity index (χ3v) is 4.32. The van der Waals surface area contributed by atoms with Crippen molar-refractivity contribution in [3.63, 3.8) is 0 Å². The molecule has 2 N–H and O–H groups in total. The smallest absolute Gasteiger partial charge is 0.172 e. The summed E-state index contributed by atoms with van der Waals surface area (Å²) in [7, 11) is 0. The summed E-state index contributed by atoms with van der Waals surface area (Å²) in [4.78, 5) is 0. The van der Waals surface area contributed by atoms with Gasteiger partial charge in [-0.3, -0.25) is 0 Å². The van der Waals surface area contributed by atoms with Crippen molar-refractivity contribution in [1.29, 1.82) is 0 Å². The number of anilines is 1. The van der Waals surface area contributed by atoms with Crippen molar-refractivity contribution in [3.05, 3.63) is 76.8 Å². The average Bonchev–Trinajstić information content (AvgIpc) is 2.66. The van der Waals surface area contributed by atoms with Crippen molar-refractivity contribution in [2.24, 2.45) is 0 Å². The largest absolute Gasteiger partial charge is 0.503 e. The number of hydrogen-bond donors (Lipinski definition) is 2. The lowest BCUT2D eigenvalue weighted by atomic mass is 10.2. The Balaban J connectivity index is 1.63. The lowest BCUT2D eigenvalue weighted by Crippen LogP contribution is -2.01. The molecule has 0 saturated carbocycles. The molecule has 0 radical (unpaired) electrons. The van der Waals surface area contributed by atoms with Gasteiger partial charge in [-0.15, -0.1) is 0 Å². The minimum Gasteiger partial charge on any atom is -0.503 e. The monoisotopic (exact) mass is 413 g/mol. The second-order valence-electron chi connectivity index (χ2n) is 5.65. The van der Waals surface area contributed by atoms with Crippen molar-refractivity contribution in [1.82, 2.24) is 0 Å². The van der Waals surface area contributed by atoms with E-state index in [1.165, 1.54) is 0 Å². The number of phenols is 1. The molecular formula is C21H20BrNO3. The molecule has 0 amide bonds. The van der Waals surface area contributed by atoms with E-state index < -0.39 is 0 Å². The van der Waals surface area contributed by atoms with Crippen LogP contribution < -0.4 is 14.8 Å². The molecule has 0 heterocycles. The Morgan fingerprint density at radius 2 is 1.65 bits per heavy atom. The second-order valence-corrected chi connectivity index (χ2v) is 6.50. The second kappa shape index (κ2) is 8.63. The first kappa shape index (κ1) is 18.1. The zero-order valence-corrected chi connectivity index (χ0v) is 16.0. The molecule has 3 aromatic rings. The third-order valence-electron chi connectivity index (χ3n) is 3.72. The summed E-state index contributed by atoms with van der Waals surface area (Å²) in [6, 6.07) is 21.2. The maximum Gasteiger partial charge on any atom is 0.172 e. The number of phenolic OH excluding ortho intramolecular Hbond substituents is 1. The lowest BCUT2D eigenvalue weighted by molar-refractivity contribution is 0.317. The molecule has 26 heavy (non-hydrogen) atoms. The number of nitrogens with one attached hydrogen (secondary N) is 1. The molecule has 0 bridgehead atoms. The molecule has 0 fully saturated rings. The standard InChI is InChI=1S/C21H20BrNO3/c1-2-25-20-13-15(12-19(22)21(20)24)14-23-16-8-10-18(11-9-16)26-17-6-4-3-5-7-17/h3-13,23-24H,2,14H2,1H3. The van der Waals surface area contributed by atoms with Crippen LogP contribution in [-0.2, 0) is 6.54 Å². The Hall–Kier alpha value is -2.66. The van der Waals surface area contributed by atoms with Gasteiger partial charge in [0.15, 0.2) is 11.5 Å². The van der Waals surface area contributed by atoms with Crippen molar-refractivity contribution < 1.29 is 14.6 Å². The predicted molar refractivity (Wildman–Crippen MR) is 107 cm³/mol. The summed E-state index contributed by atoms with van der Waals surface area (Å²) in [6.07, 6.45) is 0. The first-order valence-electron chi connectivity index (χ1n) is 8.36. The molecule has 3 aromatic carbocycles. The van der Waals surface area contributed by atoms with E-state index in [0.29, 0.717) is 23.4 Å². The van der Waals surface area contributed by atoms with E-state index in [2.05, 4.69) is 21.2 Å². The number of para-hydroxylation sites is 1. The van der Waals surface area contributed by atoms with E-state index in [0.717, 1.165) is 22.7 Å². The van der Waals surface area contributed by atoms with Gasteiger partial charge in [-0.1, -0.05) is 18.2 Å². The number of hydrogen-bond acceptors (Lipinski definition) is 4. The van der Waals surface area contributed by atoms with E-state index in [1.54, 1.807) is 0 Å². The number of aromatic hydroxyl groups is 1.